The second kappa shape index (κ2) is 9.22. The van der Waals surface area contributed by atoms with Crippen LogP contribution in [-0.2, 0) is 16.9 Å². The van der Waals surface area contributed by atoms with Gasteiger partial charge in [0.15, 0.2) is 0 Å². The summed E-state index contributed by atoms with van der Waals surface area (Å²) in [5.74, 6) is 1.33. The highest BCUT2D eigenvalue weighted by molar-refractivity contribution is 6.31. The number of halogens is 2. The van der Waals surface area contributed by atoms with Crippen LogP contribution in [0.5, 0.6) is 11.5 Å². The van der Waals surface area contributed by atoms with E-state index in [2.05, 4.69) is 17.0 Å². The average Bonchev–Trinajstić information content (AvgIpc) is 3.15. The lowest BCUT2D eigenvalue weighted by molar-refractivity contribution is -0.0354. The van der Waals surface area contributed by atoms with E-state index < -0.39 is 5.60 Å². The first-order valence-electron chi connectivity index (χ1n) is 8.17. The van der Waals surface area contributed by atoms with Crippen molar-refractivity contribution in [2.75, 3.05) is 7.11 Å². The van der Waals surface area contributed by atoms with Gasteiger partial charge in [-0.2, -0.15) is 5.10 Å². The van der Waals surface area contributed by atoms with Gasteiger partial charge in [-0.25, -0.2) is 9.67 Å². The van der Waals surface area contributed by atoms with Gasteiger partial charge >= 0.3 is 0 Å². The monoisotopic (exact) mass is 407 g/mol. The summed E-state index contributed by atoms with van der Waals surface area (Å²) < 4.78 is 13.5. The van der Waals surface area contributed by atoms with Gasteiger partial charge in [-0.1, -0.05) is 43.6 Å². The Kier molecular flexibility index (Phi) is 7.25. The lowest BCUT2D eigenvalue weighted by Gasteiger charge is -2.32. The second-order valence-electron chi connectivity index (χ2n) is 5.84. The van der Waals surface area contributed by atoms with Crippen LogP contribution in [0.4, 0.5) is 0 Å². The third-order valence-electron chi connectivity index (χ3n) is 4.33. The fourth-order valence-corrected chi connectivity index (χ4v) is 3.32. The highest BCUT2D eigenvalue weighted by atomic mass is 35.5. The Labute approximate surface area is 169 Å². The molecule has 0 radical (unpaired) electrons. The molecule has 144 valence electrons. The maximum absolute atomic E-state index is 6.58. The highest BCUT2D eigenvalue weighted by Crippen LogP contribution is 2.38. The fourth-order valence-electron chi connectivity index (χ4n) is 2.85. The number of benzene rings is 2. The summed E-state index contributed by atoms with van der Waals surface area (Å²) in [5, 5.41) is 5.41. The summed E-state index contributed by atoms with van der Waals surface area (Å²) in [7, 11) is 1.68. The SMILES string of the molecule is C.CCC(Cn1cncn1)(OC)c1ccc(Oc2ccc(Cl)cc2)cc1Cl. The van der Waals surface area contributed by atoms with Crippen LogP contribution in [0.1, 0.15) is 26.3 Å². The van der Waals surface area contributed by atoms with Crippen molar-refractivity contribution in [2.45, 2.75) is 32.9 Å². The maximum Gasteiger partial charge on any atom is 0.137 e. The zero-order valence-electron chi connectivity index (χ0n) is 14.5. The van der Waals surface area contributed by atoms with E-state index in [1.807, 2.05) is 12.1 Å². The first-order valence-corrected chi connectivity index (χ1v) is 8.93. The molecule has 0 aliphatic heterocycles. The predicted molar refractivity (Wildman–Crippen MR) is 109 cm³/mol. The molecule has 0 fully saturated rings. The summed E-state index contributed by atoms with van der Waals surface area (Å²) in [6.45, 7) is 2.56. The van der Waals surface area contributed by atoms with Crippen molar-refractivity contribution >= 4 is 23.2 Å². The van der Waals surface area contributed by atoms with Crippen LogP contribution in [0.25, 0.3) is 0 Å². The van der Waals surface area contributed by atoms with Crippen molar-refractivity contribution in [3.8, 4) is 11.5 Å². The van der Waals surface area contributed by atoms with Gasteiger partial charge in [-0.15, -0.1) is 0 Å². The maximum atomic E-state index is 6.58. The zero-order chi connectivity index (χ0) is 18.6. The van der Waals surface area contributed by atoms with Gasteiger partial charge < -0.3 is 9.47 Å². The third-order valence-corrected chi connectivity index (χ3v) is 4.89. The van der Waals surface area contributed by atoms with Gasteiger partial charge in [-0.05, 0) is 42.8 Å². The number of ether oxygens (including phenoxy) is 2. The Morgan fingerprint density at radius 1 is 1.07 bits per heavy atom. The molecule has 3 rings (SSSR count). The number of nitrogens with zero attached hydrogens (tertiary/aromatic N) is 3. The van der Waals surface area contributed by atoms with Crippen molar-refractivity contribution in [3.05, 3.63) is 70.7 Å². The molecule has 0 spiro atoms. The van der Waals surface area contributed by atoms with Gasteiger partial charge in [0, 0.05) is 17.7 Å². The molecule has 0 N–H and O–H groups in total. The van der Waals surface area contributed by atoms with Crippen molar-refractivity contribution < 1.29 is 9.47 Å². The summed E-state index contributed by atoms with van der Waals surface area (Å²) in [5.41, 5.74) is 0.270. The van der Waals surface area contributed by atoms with Gasteiger partial charge in [-0.3, -0.25) is 0 Å². The molecule has 3 aromatic rings. The molecule has 27 heavy (non-hydrogen) atoms. The van der Waals surface area contributed by atoms with Crippen molar-refractivity contribution in [3.63, 3.8) is 0 Å². The van der Waals surface area contributed by atoms with E-state index in [1.165, 1.54) is 6.33 Å². The van der Waals surface area contributed by atoms with Crippen LogP contribution in [0.3, 0.4) is 0 Å². The third kappa shape index (κ3) is 4.80. The second-order valence-corrected chi connectivity index (χ2v) is 6.69. The number of hydrogen-bond acceptors (Lipinski definition) is 4. The standard InChI is InChI=1S/C19H19Cl2N3O2.CH4/c1-3-19(25-2,11-24-13-22-12-23-24)17-9-8-16(10-18(17)21)26-15-6-4-14(20)5-7-15;/h4-10,12-13H,3,11H2,1-2H3;1H4. The predicted octanol–water partition coefficient (Wildman–Crippen LogP) is 5.97. The number of rotatable bonds is 7. The molecule has 1 atom stereocenters. The zero-order valence-corrected chi connectivity index (χ0v) is 16.0. The van der Waals surface area contributed by atoms with Crippen molar-refractivity contribution in [2.24, 2.45) is 0 Å². The minimum Gasteiger partial charge on any atom is -0.457 e. The van der Waals surface area contributed by atoms with Gasteiger partial charge in [0.05, 0.1) is 11.6 Å². The molecule has 1 aromatic heterocycles. The fraction of sp³-hybridized carbons (Fsp3) is 0.300. The lowest BCUT2D eigenvalue weighted by atomic mass is 9.90. The van der Waals surface area contributed by atoms with E-state index in [1.54, 1.807) is 48.5 Å². The molecule has 0 saturated heterocycles. The Morgan fingerprint density at radius 3 is 2.33 bits per heavy atom. The van der Waals surface area contributed by atoms with Gasteiger partial charge in [0.25, 0.3) is 0 Å². The molecule has 1 unspecified atom stereocenters. The van der Waals surface area contributed by atoms with Crippen LogP contribution in [0.2, 0.25) is 10.0 Å². The van der Waals surface area contributed by atoms with Gasteiger partial charge in [0.2, 0.25) is 0 Å². The average molecular weight is 408 g/mol. The minimum atomic E-state index is -0.608. The molecule has 0 aliphatic rings. The van der Waals surface area contributed by atoms with E-state index in [0.717, 1.165) is 12.0 Å². The van der Waals surface area contributed by atoms with E-state index in [0.29, 0.717) is 28.1 Å². The summed E-state index contributed by atoms with van der Waals surface area (Å²) in [6, 6.07) is 12.8. The Hall–Kier alpha value is -2.08. The Morgan fingerprint density at radius 2 is 1.78 bits per heavy atom. The van der Waals surface area contributed by atoms with Gasteiger partial charge in [0.1, 0.15) is 29.8 Å². The number of methoxy groups -OCH3 is 1. The highest BCUT2D eigenvalue weighted by Gasteiger charge is 2.33. The van der Waals surface area contributed by atoms with Crippen LogP contribution in [0, 0.1) is 0 Å². The molecular weight excluding hydrogens is 385 g/mol. The summed E-state index contributed by atoms with van der Waals surface area (Å²) in [6.07, 6.45) is 3.89. The molecule has 5 nitrogen and oxygen atoms in total. The Bertz CT molecular complexity index is 848. The largest absolute Gasteiger partial charge is 0.457 e. The molecule has 0 bridgehead atoms. The molecular formula is C20H23Cl2N3O2. The van der Waals surface area contributed by atoms with Crippen LogP contribution in [0.15, 0.2) is 55.1 Å². The van der Waals surface area contributed by atoms with E-state index in [-0.39, 0.29) is 7.43 Å². The molecule has 7 heteroatoms. The van der Waals surface area contributed by atoms with Crippen LogP contribution in [-0.4, -0.2) is 21.9 Å². The first-order chi connectivity index (χ1) is 12.6. The quantitative estimate of drug-likeness (QED) is 0.484. The smallest absolute Gasteiger partial charge is 0.137 e. The molecule has 0 saturated carbocycles. The lowest BCUT2D eigenvalue weighted by Crippen LogP contribution is -2.33. The minimum absolute atomic E-state index is 0. The Balaban J connectivity index is 0.00000261. The summed E-state index contributed by atoms with van der Waals surface area (Å²) >= 11 is 12.5. The van der Waals surface area contributed by atoms with Crippen molar-refractivity contribution in [1.82, 2.24) is 14.8 Å². The normalized spacial score (nSPS) is 12.9. The first kappa shape index (κ1) is 21.2. The van der Waals surface area contributed by atoms with Crippen LogP contribution < -0.4 is 4.74 Å². The van der Waals surface area contributed by atoms with E-state index >= 15 is 0 Å². The van der Waals surface area contributed by atoms with E-state index in [4.69, 9.17) is 32.7 Å². The topological polar surface area (TPSA) is 49.2 Å². The molecule has 0 amide bonds. The molecule has 2 aromatic carbocycles. The number of aromatic nitrogens is 3. The van der Waals surface area contributed by atoms with Crippen molar-refractivity contribution in [1.29, 1.82) is 0 Å². The van der Waals surface area contributed by atoms with E-state index in [9.17, 15) is 0 Å². The van der Waals surface area contributed by atoms with Crippen LogP contribution >= 0.6 is 23.2 Å². The summed E-state index contributed by atoms with van der Waals surface area (Å²) in [4.78, 5) is 3.99. The molecule has 0 aliphatic carbocycles. The number of hydrogen-bond donors (Lipinski definition) is 0. The molecule has 1 heterocycles.